The van der Waals surface area contributed by atoms with Crippen LogP contribution in [0.5, 0.6) is 0 Å². The van der Waals surface area contributed by atoms with E-state index in [1.165, 1.54) is 11.9 Å². The number of aliphatic imine (C=N–C) groups is 1. The third-order valence-corrected chi connectivity index (χ3v) is 5.42. The minimum Gasteiger partial charge on any atom is -0.444 e. The number of guanidine groups is 1. The molecule has 0 aromatic carbocycles. The normalized spacial score (nSPS) is 19.0. The zero-order chi connectivity index (χ0) is 23.2. The third kappa shape index (κ3) is 9.53. The summed E-state index contributed by atoms with van der Waals surface area (Å²) in [6.45, 7) is 7.56. The maximum Gasteiger partial charge on any atom is 0.410 e. The summed E-state index contributed by atoms with van der Waals surface area (Å²) in [4.78, 5) is 22.3. The van der Waals surface area contributed by atoms with Crippen molar-refractivity contribution in [3.63, 3.8) is 0 Å². The van der Waals surface area contributed by atoms with E-state index >= 15 is 0 Å². The van der Waals surface area contributed by atoms with Crippen molar-refractivity contribution >= 4 is 12.1 Å². The lowest BCUT2D eigenvalue weighted by Gasteiger charge is -2.40. The van der Waals surface area contributed by atoms with Crippen molar-refractivity contribution in [1.82, 2.24) is 20.0 Å². The SMILES string of the molecule is CN=C(NCCN(C)CC(F)(F)F)N1CCC(N(CC2CC2)C(=O)OC(C)(C)C)CC1. The van der Waals surface area contributed by atoms with Crippen molar-refractivity contribution in [1.29, 1.82) is 0 Å². The first kappa shape index (κ1) is 25.5. The number of carbonyl (C=O) groups is 1. The summed E-state index contributed by atoms with van der Waals surface area (Å²) in [5.41, 5.74) is -0.523. The molecule has 1 aliphatic heterocycles. The number of nitrogens with one attached hydrogen (secondary N) is 1. The number of likely N-dealkylation sites (tertiary alicyclic amines) is 1. The van der Waals surface area contributed by atoms with Crippen LogP contribution in [0.2, 0.25) is 0 Å². The van der Waals surface area contributed by atoms with Gasteiger partial charge in [-0.05, 0) is 59.4 Å². The van der Waals surface area contributed by atoms with Gasteiger partial charge < -0.3 is 19.9 Å². The van der Waals surface area contributed by atoms with Crippen LogP contribution >= 0.6 is 0 Å². The number of amides is 1. The second-order valence-corrected chi connectivity index (χ2v) is 9.62. The molecule has 0 radical (unpaired) electrons. The van der Waals surface area contributed by atoms with E-state index in [1.807, 2.05) is 25.7 Å². The second kappa shape index (κ2) is 10.7. The van der Waals surface area contributed by atoms with Gasteiger partial charge in [0, 0.05) is 45.8 Å². The first-order valence-corrected chi connectivity index (χ1v) is 11.1. The molecule has 1 saturated heterocycles. The molecule has 2 aliphatic rings. The molecule has 7 nitrogen and oxygen atoms in total. The zero-order valence-electron chi connectivity index (χ0n) is 19.5. The maximum atomic E-state index is 12.8. The Bertz CT molecular complexity index is 609. The lowest BCUT2D eigenvalue weighted by atomic mass is 10.0. The Morgan fingerprint density at radius 1 is 1.16 bits per heavy atom. The molecular formula is C21H38F3N5O2. The van der Waals surface area contributed by atoms with Gasteiger partial charge in [0.1, 0.15) is 5.60 Å². The second-order valence-electron chi connectivity index (χ2n) is 9.62. The third-order valence-electron chi connectivity index (χ3n) is 5.42. The highest BCUT2D eigenvalue weighted by Gasteiger charge is 2.35. The van der Waals surface area contributed by atoms with Gasteiger partial charge in [-0.1, -0.05) is 0 Å². The molecule has 0 aromatic heterocycles. The Hall–Kier alpha value is -1.71. The first-order valence-electron chi connectivity index (χ1n) is 11.1. The Balaban J connectivity index is 1.83. The highest BCUT2D eigenvalue weighted by Crippen LogP contribution is 2.32. The summed E-state index contributed by atoms with van der Waals surface area (Å²) in [6.07, 6.45) is -0.497. The van der Waals surface area contributed by atoms with Gasteiger partial charge in [-0.3, -0.25) is 9.89 Å². The average Bonchev–Trinajstić information content (AvgIpc) is 3.45. The number of piperidine rings is 1. The molecular weight excluding hydrogens is 411 g/mol. The molecule has 0 atom stereocenters. The van der Waals surface area contributed by atoms with Gasteiger partial charge in [0.05, 0.1) is 6.54 Å². The van der Waals surface area contributed by atoms with Crippen LogP contribution in [0.3, 0.4) is 0 Å². The lowest BCUT2D eigenvalue weighted by Crippen LogP contribution is -2.53. The van der Waals surface area contributed by atoms with Crippen LogP contribution in [0.4, 0.5) is 18.0 Å². The van der Waals surface area contributed by atoms with Gasteiger partial charge in [0.15, 0.2) is 5.96 Å². The van der Waals surface area contributed by atoms with Crippen molar-refractivity contribution in [2.24, 2.45) is 10.9 Å². The fourth-order valence-electron chi connectivity index (χ4n) is 3.74. The Morgan fingerprint density at radius 2 is 1.77 bits per heavy atom. The van der Waals surface area contributed by atoms with E-state index in [0.29, 0.717) is 18.4 Å². The molecule has 2 rings (SSSR count). The van der Waals surface area contributed by atoms with Crippen LogP contribution < -0.4 is 5.32 Å². The Morgan fingerprint density at radius 3 is 2.26 bits per heavy atom. The fraction of sp³-hybridized carbons (Fsp3) is 0.905. The van der Waals surface area contributed by atoms with E-state index in [9.17, 15) is 18.0 Å². The Kier molecular flexibility index (Phi) is 8.85. The number of likely N-dealkylation sites (N-methyl/N-ethyl adjacent to an activating group) is 1. The molecule has 1 N–H and O–H groups in total. The van der Waals surface area contributed by atoms with Crippen LogP contribution in [0.1, 0.15) is 46.5 Å². The summed E-state index contributed by atoms with van der Waals surface area (Å²) in [6, 6.07) is 0.128. The van der Waals surface area contributed by atoms with E-state index in [-0.39, 0.29) is 18.7 Å². The zero-order valence-corrected chi connectivity index (χ0v) is 19.5. The molecule has 1 saturated carbocycles. The highest BCUT2D eigenvalue weighted by atomic mass is 19.4. The Labute approximate surface area is 184 Å². The number of alkyl halides is 3. The highest BCUT2D eigenvalue weighted by molar-refractivity contribution is 5.80. The molecule has 1 amide bonds. The largest absolute Gasteiger partial charge is 0.444 e. The van der Waals surface area contributed by atoms with E-state index in [1.54, 1.807) is 7.05 Å². The molecule has 31 heavy (non-hydrogen) atoms. The average molecular weight is 450 g/mol. The number of halogens is 3. The van der Waals surface area contributed by atoms with Crippen molar-refractivity contribution in [2.75, 3.05) is 53.4 Å². The fourth-order valence-corrected chi connectivity index (χ4v) is 3.74. The molecule has 0 spiro atoms. The summed E-state index contributed by atoms with van der Waals surface area (Å²) in [5.74, 6) is 1.26. The van der Waals surface area contributed by atoms with E-state index in [2.05, 4.69) is 15.2 Å². The topological polar surface area (TPSA) is 60.4 Å². The molecule has 180 valence electrons. The van der Waals surface area contributed by atoms with Crippen LogP contribution in [0, 0.1) is 5.92 Å². The van der Waals surface area contributed by atoms with E-state index in [0.717, 1.165) is 45.3 Å². The summed E-state index contributed by atoms with van der Waals surface area (Å²) < 4.78 is 43.0. The monoisotopic (exact) mass is 449 g/mol. The maximum absolute atomic E-state index is 12.8. The predicted octanol–water partition coefficient (Wildman–Crippen LogP) is 3.17. The van der Waals surface area contributed by atoms with Crippen LogP contribution in [0.15, 0.2) is 4.99 Å². The number of carbonyl (C=O) groups excluding carboxylic acids is 1. The van der Waals surface area contributed by atoms with Gasteiger partial charge in [-0.2, -0.15) is 13.2 Å². The quantitative estimate of drug-likeness (QED) is 0.478. The summed E-state index contributed by atoms with van der Waals surface area (Å²) in [5, 5.41) is 3.16. The number of hydrogen-bond donors (Lipinski definition) is 1. The summed E-state index contributed by atoms with van der Waals surface area (Å²) in [7, 11) is 3.13. The van der Waals surface area contributed by atoms with Crippen LogP contribution in [-0.2, 0) is 4.74 Å². The first-order chi connectivity index (χ1) is 14.4. The number of hydrogen-bond acceptors (Lipinski definition) is 4. The van der Waals surface area contributed by atoms with Crippen LogP contribution in [0.25, 0.3) is 0 Å². The molecule has 1 aliphatic carbocycles. The van der Waals surface area contributed by atoms with Crippen molar-refractivity contribution in [2.45, 2.75) is 64.3 Å². The minimum absolute atomic E-state index is 0.128. The van der Waals surface area contributed by atoms with Gasteiger partial charge in [0.25, 0.3) is 0 Å². The van der Waals surface area contributed by atoms with E-state index in [4.69, 9.17) is 4.74 Å². The molecule has 0 bridgehead atoms. The van der Waals surface area contributed by atoms with E-state index < -0.39 is 18.3 Å². The molecule has 10 heteroatoms. The van der Waals surface area contributed by atoms with Crippen molar-refractivity contribution < 1.29 is 22.7 Å². The van der Waals surface area contributed by atoms with Gasteiger partial charge >= 0.3 is 12.3 Å². The van der Waals surface area contributed by atoms with Crippen LogP contribution in [-0.4, -0.2) is 97.9 Å². The molecule has 2 fully saturated rings. The number of rotatable bonds is 7. The molecule has 0 aromatic rings. The van der Waals surface area contributed by atoms with Gasteiger partial charge in [-0.25, -0.2) is 4.79 Å². The lowest BCUT2D eigenvalue weighted by molar-refractivity contribution is -0.142. The van der Waals surface area contributed by atoms with Gasteiger partial charge in [-0.15, -0.1) is 0 Å². The minimum atomic E-state index is -4.20. The smallest absolute Gasteiger partial charge is 0.410 e. The number of nitrogens with zero attached hydrogens (tertiary/aromatic N) is 4. The molecule has 0 unspecified atom stereocenters. The molecule has 1 heterocycles. The van der Waals surface area contributed by atoms with Crippen molar-refractivity contribution in [3.05, 3.63) is 0 Å². The predicted molar refractivity (Wildman–Crippen MR) is 115 cm³/mol. The standard InChI is InChI=1S/C21H38F3N5O2/c1-20(2,3)31-19(30)29(14-16-6-7-16)17-8-11-28(12-9-17)18(25-4)26-10-13-27(5)15-21(22,23)24/h16-17H,6-15H2,1-5H3,(H,25,26). The summed E-state index contributed by atoms with van der Waals surface area (Å²) >= 11 is 0. The number of ether oxygens (including phenoxy) is 1. The van der Waals surface area contributed by atoms with Crippen molar-refractivity contribution in [3.8, 4) is 0 Å². The van der Waals surface area contributed by atoms with Gasteiger partial charge in [0.2, 0.25) is 0 Å².